The highest BCUT2D eigenvalue weighted by atomic mass is 15.0. The zero-order valence-electron chi connectivity index (χ0n) is 11.5. The maximum atomic E-state index is 4.45. The van der Waals surface area contributed by atoms with E-state index in [0.717, 1.165) is 30.3 Å². The summed E-state index contributed by atoms with van der Waals surface area (Å²) in [5.74, 6) is 1.69. The second-order valence-electron chi connectivity index (χ2n) is 4.65. The molecule has 0 bridgehead atoms. The van der Waals surface area contributed by atoms with Crippen molar-refractivity contribution in [1.82, 2.24) is 15.3 Å². The van der Waals surface area contributed by atoms with E-state index >= 15 is 0 Å². The summed E-state index contributed by atoms with van der Waals surface area (Å²) in [4.78, 5) is 8.89. The van der Waals surface area contributed by atoms with Crippen LogP contribution in [0.3, 0.4) is 0 Å². The average Bonchev–Trinajstić information content (AvgIpc) is 2.35. The van der Waals surface area contributed by atoms with Gasteiger partial charge in [-0.2, -0.15) is 0 Å². The van der Waals surface area contributed by atoms with Gasteiger partial charge in [0.05, 0.1) is 6.04 Å². The number of aryl methyl sites for hydroxylation is 1. The number of nitrogens with zero attached hydrogens (tertiary/aromatic N) is 2. The SMILES string of the molecule is CCNC(CC(CC)CC)c1ncc(C)cn1. The molecule has 3 heteroatoms. The first kappa shape index (κ1) is 14.1. The van der Waals surface area contributed by atoms with Crippen LogP contribution in [0, 0.1) is 12.8 Å². The van der Waals surface area contributed by atoms with Gasteiger partial charge in [0.2, 0.25) is 0 Å². The quantitative estimate of drug-likeness (QED) is 0.788. The highest BCUT2D eigenvalue weighted by molar-refractivity contribution is 5.04. The van der Waals surface area contributed by atoms with E-state index in [1.54, 1.807) is 0 Å². The van der Waals surface area contributed by atoms with Crippen LogP contribution < -0.4 is 5.32 Å². The first-order valence-electron chi connectivity index (χ1n) is 6.73. The first-order valence-corrected chi connectivity index (χ1v) is 6.73. The standard InChI is InChI=1S/C14H25N3/c1-5-12(6-2)8-13(15-7-3)14-16-9-11(4)10-17-14/h9-10,12-13,15H,5-8H2,1-4H3. The van der Waals surface area contributed by atoms with Gasteiger partial charge in [0.25, 0.3) is 0 Å². The van der Waals surface area contributed by atoms with Crippen LogP contribution in [-0.2, 0) is 0 Å². The molecule has 1 heterocycles. The van der Waals surface area contributed by atoms with Crippen molar-refractivity contribution >= 4 is 0 Å². The number of aromatic nitrogens is 2. The average molecular weight is 235 g/mol. The second kappa shape index (κ2) is 7.38. The largest absolute Gasteiger partial charge is 0.308 e. The van der Waals surface area contributed by atoms with Crippen molar-refractivity contribution in [2.24, 2.45) is 5.92 Å². The third kappa shape index (κ3) is 4.43. The van der Waals surface area contributed by atoms with Crippen molar-refractivity contribution in [3.8, 4) is 0 Å². The Morgan fingerprint density at radius 1 is 1.12 bits per heavy atom. The summed E-state index contributed by atoms with van der Waals surface area (Å²) in [6, 6.07) is 0.297. The van der Waals surface area contributed by atoms with Gasteiger partial charge in [0.15, 0.2) is 0 Å². The van der Waals surface area contributed by atoms with Crippen LogP contribution in [0.15, 0.2) is 12.4 Å². The third-order valence-electron chi connectivity index (χ3n) is 3.29. The maximum absolute atomic E-state index is 4.45. The maximum Gasteiger partial charge on any atom is 0.145 e. The van der Waals surface area contributed by atoms with Crippen molar-refractivity contribution < 1.29 is 0 Å². The monoisotopic (exact) mass is 235 g/mol. The smallest absolute Gasteiger partial charge is 0.145 e. The zero-order chi connectivity index (χ0) is 12.7. The predicted molar refractivity (Wildman–Crippen MR) is 71.9 cm³/mol. The van der Waals surface area contributed by atoms with Gasteiger partial charge in [-0.25, -0.2) is 9.97 Å². The summed E-state index contributed by atoms with van der Waals surface area (Å²) >= 11 is 0. The highest BCUT2D eigenvalue weighted by Crippen LogP contribution is 2.22. The molecule has 1 aromatic heterocycles. The van der Waals surface area contributed by atoms with E-state index in [0.29, 0.717) is 6.04 Å². The van der Waals surface area contributed by atoms with Crippen molar-refractivity contribution in [1.29, 1.82) is 0 Å². The van der Waals surface area contributed by atoms with Crippen LogP contribution in [0.2, 0.25) is 0 Å². The van der Waals surface area contributed by atoms with Crippen LogP contribution in [0.25, 0.3) is 0 Å². The molecule has 1 N–H and O–H groups in total. The predicted octanol–water partition coefficient (Wildman–Crippen LogP) is 3.26. The van der Waals surface area contributed by atoms with E-state index in [1.165, 1.54) is 12.8 Å². The molecule has 0 spiro atoms. The van der Waals surface area contributed by atoms with E-state index in [1.807, 2.05) is 19.3 Å². The Kier molecular flexibility index (Phi) is 6.12. The summed E-state index contributed by atoms with van der Waals surface area (Å²) < 4.78 is 0. The molecule has 1 rings (SSSR count). The Labute approximate surface area is 105 Å². The lowest BCUT2D eigenvalue weighted by atomic mass is 9.94. The number of nitrogens with one attached hydrogen (secondary N) is 1. The van der Waals surface area contributed by atoms with Crippen LogP contribution in [0.4, 0.5) is 0 Å². The molecule has 3 nitrogen and oxygen atoms in total. The highest BCUT2D eigenvalue weighted by Gasteiger charge is 2.17. The molecule has 1 aromatic rings. The Bertz CT molecular complexity index is 304. The summed E-state index contributed by atoms with van der Waals surface area (Å²) in [5.41, 5.74) is 1.12. The molecule has 17 heavy (non-hydrogen) atoms. The van der Waals surface area contributed by atoms with Crippen molar-refractivity contribution in [3.05, 3.63) is 23.8 Å². The fourth-order valence-corrected chi connectivity index (χ4v) is 2.06. The van der Waals surface area contributed by atoms with Crippen LogP contribution >= 0.6 is 0 Å². The molecule has 1 atom stereocenters. The summed E-state index contributed by atoms with van der Waals surface area (Å²) in [6.07, 6.45) is 7.39. The first-order chi connectivity index (χ1) is 8.21. The molecule has 0 fully saturated rings. The Morgan fingerprint density at radius 2 is 1.71 bits per heavy atom. The molecule has 0 saturated heterocycles. The fourth-order valence-electron chi connectivity index (χ4n) is 2.06. The van der Waals surface area contributed by atoms with Gasteiger partial charge in [-0.15, -0.1) is 0 Å². The molecular formula is C14H25N3. The number of rotatable bonds is 7. The summed E-state index contributed by atoms with van der Waals surface area (Å²) in [7, 11) is 0. The molecule has 0 aromatic carbocycles. The van der Waals surface area contributed by atoms with Gasteiger partial charge >= 0.3 is 0 Å². The van der Waals surface area contributed by atoms with E-state index in [-0.39, 0.29) is 0 Å². The van der Waals surface area contributed by atoms with Gasteiger partial charge in [0.1, 0.15) is 5.82 Å². The molecule has 1 unspecified atom stereocenters. The molecule has 0 aliphatic heterocycles. The molecule has 0 aliphatic carbocycles. The topological polar surface area (TPSA) is 37.8 Å². The lowest BCUT2D eigenvalue weighted by Gasteiger charge is -2.21. The number of hydrogen-bond acceptors (Lipinski definition) is 3. The van der Waals surface area contributed by atoms with Crippen LogP contribution in [-0.4, -0.2) is 16.5 Å². The van der Waals surface area contributed by atoms with Crippen LogP contribution in [0.1, 0.15) is 57.5 Å². The van der Waals surface area contributed by atoms with Crippen molar-refractivity contribution in [2.45, 2.75) is 53.0 Å². The normalized spacial score (nSPS) is 13.0. The van der Waals surface area contributed by atoms with Crippen molar-refractivity contribution in [2.75, 3.05) is 6.54 Å². The van der Waals surface area contributed by atoms with Gasteiger partial charge in [-0.1, -0.05) is 33.6 Å². The molecule has 0 radical (unpaired) electrons. The molecular weight excluding hydrogens is 210 g/mol. The van der Waals surface area contributed by atoms with Gasteiger partial charge in [0, 0.05) is 12.4 Å². The lowest BCUT2D eigenvalue weighted by Crippen LogP contribution is -2.25. The van der Waals surface area contributed by atoms with Crippen molar-refractivity contribution in [3.63, 3.8) is 0 Å². The van der Waals surface area contributed by atoms with E-state index < -0.39 is 0 Å². The van der Waals surface area contributed by atoms with Gasteiger partial charge in [-0.05, 0) is 31.4 Å². The van der Waals surface area contributed by atoms with E-state index in [2.05, 4.69) is 36.1 Å². The Hall–Kier alpha value is -0.960. The van der Waals surface area contributed by atoms with E-state index in [9.17, 15) is 0 Å². The Morgan fingerprint density at radius 3 is 2.18 bits per heavy atom. The molecule has 0 saturated carbocycles. The minimum absolute atomic E-state index is 0.297. The molecule has 0 amide bonds. The minimum Gasteiger partial charge on any atom is -0.308 e. The van der Waals surface area contributed by atoms with Crippen LogP contribution in [0.5, 0.6) is 0 Å². The lowest BCUT2D eigenvalue weighted by molar-refractivity contribution is 0.365. The van der Waals surface area contributed by atoms with Gasteiger partial charge in [-0.3, -0.25) is 0 Å². The summed E-state index contributed by atoms with van der Waals surface area (Å²) in [6.45, 7) is 9.63. The molecule has 96 valence electrons. The third-order valence-corrected chi connectivity index (χ3v) is 3.29. The zero-order valence-corrected chi connectivity index (χ0v) is 11.5. The fraction of sp³-hybridized carbons (Fsp3) is 0.714. The number of hydrogen-bond donors (Lipinski definition) is 1. The molecule has 0 aliphatic rings. The Balaban J connectivity index is 2.73. The summed E-state index contributed by atoms with van der Waals surface area (Å²) in [5, 5.41) is 3.49. The second-order valence-corrected chi connectivity index (χ2v) is 4.65. The van der Waals surface area contributed by atoms with Gasteiger partial charge < -0.3 is 5.32 Å². The van der Waals surface area contributed by atoms with E-state index in [4.69, 9.17) is 0 Å². The minimum atomic E-state index is 0.297.